The van der Waals surface area contributed by atoms with Crippen molar-refractivity contribution >= 4 is 5.91 Å². The first-order valence-corrected chi connectivity index (χ1v) is 3.75. The van der Waals surface area contributed by atoms with Crippen LogP contribution in [0.25, 0.3) is 0 Å². The molecule has 0 aliphatic carbocycles. The number of carbonyl (C=O) groups is 1. The number of hydrogen-bond acceptors (Lipinski definition) is 2. The first-order valence-electron chi connectivity index (χ1n) is 3.75. The molecule has 3 nitrogen and oxygen atoms in total. The van der Waals surface area contributed by atoms with Gasteiger partial charge in [-0.1, -0.05) is 13.5 Å². The Hall–Kier alpha value is -0.830. The molecule has 0 aromatic heterocycles. The van der Waals surface area contributed by atoms with Gasteiger partial charge < -0.3 is 0 Å². The fourth-order valence-electron chi connectivity index (χ4n) is 0.660. The topological polar surface area (TPSA) is 32.3 Å². The number of nitrogens with one attached hydrogen (secondary N) is 1. The predicted octanol–water partition coefficient (Wildman–Crippen LogP) is 0.935. The van der Waals surface area contributed by atoms with Crippen molar-refractivity contribution in [1.82, 2.24) is 10.4 Å². The van der Waals surface area contributed by atoms with E-state index in [9.17, 15) is 4.79 Å². The Kier molecular flexibility index (Phi) is 4.54. The maximum Gasteiger partial charge on any atom is 0.260 e. The molecule has 0 spiro atoms. The highest BCUT2D eigenvalue weighted by molar-refractivity contribution is 5.91. The van der Waals surface area contributed by atoms with Crippen LogP contribution in [-0.4, -0.2) is 24.5 Å². The molecule has 64 valence electrons. The first-order chi connectivity index (χ1) is 5.07. The summed E-state index contributed by atoms with van der Waals surface area (Å²) in [5.74, 6) is -0.110. The largest absolute Gasteiger partial charge is 0.285 e. The molecule has 0 heterocycles. The maximum absolute atomic E-state index is 11.0. The zero-order valence-corrected chi connectivity index (χ0v) is 7.48. The Bertz CT molecular complexity index is 154. The minimum Gasteiger partial charge on any atom is -0.285 e. The zero-order chi connectivity index (χ0) is 8.85. The SMILES string of the molecule is C=C(C)C(=O)NN(C)CCC. The second-order valence-corrected chi connectivity index (χ2v) is 2.64. The van der Waals surface area contributed by atoms with Crippen molar-refractivity contribution in [3.8, 4) is 0 Å². The van der Waals surface area contributed by atoms with E-state index in [4.69, 9.17) is 0 Å². The van der Waals surface area contributed by atoms with Crippen LogP contribution in [0.5, 0.6) is 0 Å². The van der Waals surface area contributed by atoms with Crippen LogP contribution >= 0.6 is 0 Å². The van der Waals surface area contributed by atoms with Crippen LogP contribution in [0.4, 0.5) is 0 Å². The zero-order valence-electron chi connectivity index (χ0n) is 7.48. The molecule has 0 aliphatic heterocycles. The number of amides is 1. The average Bonchev–Trinajstić information content (AvgIpc) is 1.87. The van der Waals surface area contributed by atoms with E-state index in [0.717, 1.165) is 13.0 Å². The van der Waals surface area contributed by atoms with Crippen molar-refractivity contribution < 1.29 is 4.79 Å². The number of rotatable bonds is 4. The first kappa shape index (κ1) is 10.2. The molecule has 11 heavy (non-hydrogen) atoms. The van der Waals surface area contributed by atoms with Gasteiger partial charge in [0.1, 0.15) is 0 Å². The van der Waals surface area contributed by atoms with Gasteiger partial charge >= 0.3 is 0 Å². The third kappa shape index (κ3) is 4.56. The van der Waals surface area contributed by atoms with Crippen LogP contribution in [0.3, 0.4) is 0 Å². The molecule has 1 amide bonds. The Morgan fingerprint density at radius 1 is 1.64 bits per heavy atom. The van der Waals surface area contributed by atoms with Gasteiger partial charge in [0, 0.05) is 19.2 Å². The fraction of sp³-hybridized carbons (Fsp3) is 0.625. The summed E-state index contributed by atoms with van der Waals surface area (Å²) in [5, 5.41) is 1.76. The molecule has 0 aromatic rings. The van der Waals surface area contributed by atoms with Gasteiger partial charge in [-0.2, -0.15) is 0 Å². The van der Waals surface area contributed by atoms with Gasteiger partial charge in [-0.15, -0.1) is 0 Å². The van der Waals surface area contributed by atoms with Crippen LogP contribution in [0.2, 0.25) is 0 Å². The molecule has 1 N–H and O–H groups in total. The molecule has 0 atom stereocenters. The van der Waals surface area contributed by atoms with Gasteiger partial charge in [0.2, 0.25) is 0 Å². The standard InChI is InChI=1S/C8H16N2O/c1-5-6-10(4)9-8(11)7(2)3/h2,5-6H2,1,3-4H3,(H,9,11). The Morgan fingerprint density at radius 3 is 2.55 bits per heavy atom. The monoisotopic (exact) mass is 156 g/mol. The summed E-state index contributed by atoms with van der Waals surface area (Å²) in [6.07, 6.45) is 1.02. The highest BCUT2D eigenvalue weighted by Crippen LogP contribution is 1.87. The van der Waals surface area contributed by atoms with Gasteiger partial charge in [0.05, 0.1) is 0 Å². The van der Waals surface area contributed by atoms with Crippen LogP contribution < -0.4 is 5.43 Å². The molecule has 0 rings (SSSR count). The van der Waals surface area contributed by atoms with Gasteiger partial charge in [0.15, 0.2) is 0 Å². The van der Waals surface area contributed by atoms with E-state index in [1.165, 1.54) is 0 Å². The summed E-state index contributed by atoms with van der Waals surface area (Å²) in [6.45, 7) is 8.14. The molecule has 0 radical (unpaired) electrons. The van der Waals surface area contributed by atoms with E-state index in [2.05, 4.69) is 18.9 Å². The molecule has 0 unspecified atom stereocenters. The molecule has 0 aromatic carbocycles. The van der Waals surface area contributed by atoms with Crippen molar-refractivity contribution in [3.63, 3.8) is 0 Å². The summed E-state index contributed by atoms with van der Waals surface area (Å²) in [6, 6.07) is 0. The molecule has 0 fully saturated rings. The molecular formula is C8H16N2O. The molecule has 0 bridgehead atoms. The van der Waals surface area contributed by atoms with E-state index in [1.54, 1.807) is 11.9 Å². The molecule has 3 heteroatoms. The summed E-state index contributed by atoms with van der Waals surface area (Å²) < 4.78 is 0. The predicted molar refractivity (Wildman–Crippen MR) is 45.9 cm³/mol. The van der Waals surface area contributed by atoms with Crippen molar-refractivity contribution in [1.29, 1.82) is 0 Å². The van der Waals surface area contributed by atoms with Gasteiger partial charge in [-0.05, 0) is 13.3 Å². The van der Waals surface area contributed by atoms with Crippen LogP contribution in [-0.2, 0) is 4.79 Å². The summed E-state index contributed by atoms with van der Waals surface area (Å²) in [7, 11) is 1.84. The van der Waals surface area contributed by atoms with E-state index >= 15 is 0 Å². The Labute approximate surface area is 68.0 Å². The van der Waals surface area contributed by atoms with E-state index in [0.29, 0.717) is 5.57 Å². The summed E-state index contributed by atoms with van der Waals surface area (Å²) >= 11 is 0. The minimum absolute atomic E-state index is 0.110. The Morgan fingerprint density at radius 2 is 2.18 bits per heavy atom. The average molecular weight is 156 g/mol. The number of nitrogens with zero attached hydrogens (tertiary/aromatic N) is 1. The normalized spacial score (nSPS) is 9.82. The molecule has 0 saturated heterocycles. The summed E-state index contributed by atoms with van der Waals surface area (Å²) in [4.78, 5) is 11.0. The lowest BCUT2D eigenvalue weighted by atomic mass is 10.3. The quantitative estimate of drug-likeness (QED) is 0.485. The fourth-order valence-corrected chi connectivity index (χ4v) is 0.660. The number of hydrogen-bond donors (Lipinski definition) is 1. The van der Waals surface area contributed by atoms with Crippen LogP contribution in [0.15, 0.2) is 12.2 Å². The lowest BCUT2D eigenvalue weighted by molar-refractivity contribution is -0.121. The summed E-state index contributed by atoms with van der Waals surface area (Å²) in [5.41, 5.74) is 3.21. The third-order valence-electron chi connectivity index (χ3n) is 1.24. The van der Waals surface area contributed by atoms with Gasteiger partial charge in [0.25, 0.3) is 5.91 Å². The molecule has 0 aliphatic rings. The van der Waals surface area contributed by atoms with Crippen molar-refractivity contribution in [2.24, 2.45) is 0 Å². The van der Waals surface area contributed by atoms with E-state index < -0.39 is 0 Å². The lowest BCUT2D eigenvalue weighted by Gasteiger charge is -2.16. The van der Waals surface area contributed by atoms with Crippen molar-refractivity contribution in [2.45, 2.75) is 20.3 Å². The van der Waals surface area contributed by atoms with Gasteiger partial charge in [-0.3, -0.25) is 10.2 Å². The van der Waals surface area contributed by atoms with Gasteiger partial charge in [-0.25, -0.2) is 5.01 Å². The highest BCUT2D eigenvalue weighted by Gasteiger charge is 2.02. The second-order valence-electron chi connectivity index (χ2n) is 2.64. The highest BCUT2D eigenvalue weighted by atomic mass is 16.2. The van der Waals surface area contributed by atoms with E-state index in [-0.39, 0.29) is 5.91 Å². The minimum atomic E-state index is -0.110. The maximum atomic E-state index is 11.0. The Balaban J connectivity index is 3.66. The molecular weight excluding hydrogens is 140 g/mol. The van der Waals surface area contributed by atoms with Crippen LogP contribution in [0, 0.1) is 0 Å². The lowest BCUT2D eigenvalue weighted by Crippen LogP contribution is -2.39. The van der Waals surface area contributed by atoms with Crippen molar-refractivity contribution in [3.05, 3.63) is 12.2 Å². The molecule has 0 saturated carbocycles. The smallest absolute Gasteiger partial charge is 0.260 e. The number of hydrazine groups is 1. The van der Waals surface area contributed by atoms with Crippen molar-refractivity contribution in [2.75, 3.05) is 13.6 Å². The van der Waals surface area contributed by atoms with Crippen LogP contribution in [0.1, 0.15) is 20.3 Å². The van der Waals surface area contributed by atoms with E-state index in [1.807, 2.05) is 7.05 Å². The third-order valence-corrected chi connectivity index (χ3v) is 1.24. The second kappa shape index (κ2) is 4.91. The number of carbonyl (C=O) groups excluding carboxylic acids is 1.